The van der Waals surface area contributed by atoms with Gasteiger partial charge in [-0.25, -0.2) is 23.7 Å². The van der Waals surface area contributed by atoms with E-state index in [2.05, 4.69) is 15.0 Å². The number of ether oxygens (including phenoxy) is 1. The van der Waals surface area contributed by atoms with Crippen LogP contribution in [0.25, 0.3) is 34.1 Å². The van der Waals surface area contributed by atoms with E-state index in [4.69, 9.17) is 9.72 Å². The van der Waals surface area contributed by atoms with Gasteiger partial charge in [0.25, 0.3) is 0 Å². The molecule has 0 spiro atoms. The van der Waals surface area contributed by atoms with Crippen LogP contribution in [0.2, 0.25) is 0 Å². The average Bonchev–Trinajstić information content (AvgIpc) is 3.33. The molecule has 166 valence electrons. The summed E-state index contributed by atoms with van der Waals surface area (Å²) in [6, 6.07) is 7.32. The number of rotatable bonds is 6. The van der Waals surface area contributed by atoms with Crippen molar-refractivity contribution in [2.45, 2.75) is 13.5 Å². The topological polar surface area (TPSA) is 70.7 Å². The van der Waals surface area contributed by atoms with E-state index >= 15 is 0 Å². The fourth-order valence-corrected chi connectivity index (χ4v) is 3.79. The van der Waals surface area contributed by atoms with Crippen molar-refractivity contribution in [2.24, 2.45) is 0 Å². The highest BCUT2D eigenvalue weighted by atomic mass is 19.1. The van der Waals surface area contributed by atoms with Gasteiger partial charge in [-0.1, -0.05) is 6.08 Å². The molecule has 9 heteroatoms. The van der Waals surface area contributed by atoms with E-state index in [1.165, 1.54) is 12.1 Å². The highest BCUT2D eigenvalue weighted by molar-refractivity contribution is 5.78. The molecule has 0 N–H and O–H groups in total. The Bertz CT molecular complexity index is 1480. The van der Waals surface area contributed by atoms with Gasteiger partial charge in [0.05, 0.1) is 35.9 Å². The van der Waals surface area contributed by atoms with Crippen molar-refractivity contribution in [2.75, 3.05) is 13.7 Å². The zero-order valence-electron chi connectivity index (χ0n) is 18.0. The summed E-state index contributed by atoms with van der Waals surface area (Å²) < 4.78 is 36.2. The molecule has 0 aliphatic rings. The number of halogens is 2. The maximum atomic E-state index is 13.7. The summed E-state index contributed by atoms with van der Waals surface area (Å²) in [5, 5.41) is 0. The van der Waals surface area contributed by atoms with Crippen molar-refractivity contribution in [1.29, 1.82) is 0 Å². The molecular formula is C24H20F2N6O. The second-order valence-electron chi connectivity index (χ2n) is 7.61. The summed E-state index contributed by atoms with van der Waals surface area (Å²) >= 11 is 0. The summed E-state index contributed by atoms with van der Waals surface area (Å²) in [7, 11) is 1.63. The lowest BCUT2D eigenvalue weighted by Crippen LogP contribution is -2.04. The quantitative estimate of drug-likeness (QED) is 0.385. The Morgan fingerprint density at radius 3 is 2.64 bits per heavy atom. The second-order valence-corrected chi connectivity index (χ2v) is 7.61. The molecule has 5 aromatic rings. The van der Waals surface area contributed by atoms with E-state index in [0.29, 0.717) is 35.0 Å². The molecule has 0 atom stereocenters. The van der Waals surface area contributed by atoms with Gasteiger partial charge in [-0.05, 0) is 42.8 Å². The molecule has 5 rings (SSSR count). The van der Waals surface area contributed by atoms with E-state index in [9.17, 15) is 8.78 Å². The summed E-state index contributed by atoms with van der Waals surface area (Å²) in [6.45, 7) is 2.59. The van der Waals surface area contributed by atoms with Crippen LogP contribution in [0.5, 0.6) is 0 Å². The Kier molecular flexibility index (Phi) is 5.39. The van der Waals surface area contributed by atoms with Gasteiger partial charge in [0, 0.05) is 25.9 Å². The molecule has 0 radical (unpaired) electrons. The first-order chi connectivity index (χ1) is 16.0. The lowest BCUT2D eigenvalue weighted by atomic mass is 10.2. The Balaban J connectivity index is 1.57. The maximum Gasteiger partial charge on any atom is 0.178 e. The van der Waals surface area contributed by atoms with Gasteiger partial charge in [-0.2, -0.15) is 0 Å². The minimum atomic E-state index is -0.612. The molecular weight excluding hydrogens is 426 g/mol. The number of hydrogen-bond donors (Lipinski definition) is 0. The summed E-state index contributed by atoms with van der Waals surface area (Å²) in [5.74, 6) is -0.528. The number of nitrogens with zero attached hydrogens (tertiary/aromatic N) is 6. The molecule has 0 amide bonds. The SMILES string of the molecule is COC/C=C\c1cnc2ccn(-c3cnc4nc(C)n(Cc5cc(F)cc(F)c5)c4c3)c2n1. The molecule has 0 unspecified atom stereocenters. The van der Waals surface area contributed by atoms with Gasteiger partial charge in [0.2, 0.25) is 0 Å². The number of benzene rings is 1. The zero-order chi connectivity index (χ0) is 22.9. The van der Waals surface area contributed by atoms with E-state index in [-0.39, 0.29) is 6.54 Å². The van der Waals surface area contributed by atoms with E-state index < -0.39 is 11.6 Å². The van der Waals surface area contributed by atoms with Gasteiger partial charge in [-0.3, -0.25) is 9.55 Å². The Morgan fingerprint density at radius 1 is 1.03 bits per heavy atom. The second kappa shape index (κ2) is 8.51. The molecule has 0 bridgehead atoms. The summed E-state index contributed by atoms with van der Waals surface area (Å²) in [6.07, 6.45) is 9.02. The highest BCUT2D eigenvalue weighted by Gasteiger charge is 2.13. The number of pyridine rings is 1. The fraction of sp³-hybridized carbons (Fsp3) is 0.167. The summed E-state index contributed by atoms with van der Waals surface area (Å²) in [5.41, 5.74) is 4.73. The van der Waals surface area contributed by atoms with Crippen LogP contribution in [0.1, 0.15) is 17.1 Å². The first-order valence-corrected chi connectivity index (χ1v) is 10.3. The van der Waals surface area contributed by atoms with Gasteiger partial charge >= 0.3 is 0 Å². The third kappa shape index (κ3) is 4.10. The van der Waals surface area contributed by atoms with Crippen LogP contribution in [0.4, 0.5) is 8.78 Å². The van der Waals surface area contributed by atoms with Crippen molar-refractivity contribution >= 4 is 28.4 Å². The first-order valence-electron chi connectivity index (χ1n) is 10.3. The van der Waals surface area contributed by atoms with Crippen molar-refractivity contribution in [3.8, 4) is 5.69 Å². The van der Waals surface area contributed by atoms with Crippen LogP contribution >= 0.6 is 0 Å². The van der Waals surface area contributed by atoms with Crippen molar-refractivity contribution in [1.82, 2.24) is 29.1 Å². The zero-order valence-corrected chi connectivity index (χ0v) is 18.0. The Labute approximate surface area is 188 Å². The van der Waals surface area contributed by atoms with Crippen LogP contribution in [0.15, 0.2) is 55.0 Å². The molecule has 0 aliphatic heterocycles. The van der Waals surface area contributed by atoms with Crippen molar-refractivity contribution in [3.63, 3.8) is 0 Å². The maximum absolute atomic E-state index is 13.7. The molecule has 0 fully saturated rings. The fourth-order valence-electron chi connectivity index (χ4n) is 3.79. The molecule has 0 aliphatic carbocycles. The number of imidazole rings is 1. The number of methoxy groups -OCH3 is 1. The molecule has 33 heavy (non-hydrogen) atoms. The van der Waals surface area contributed by atoms with Crippen LogP contribution < -0.4 is 0 Å². The Morgan fingerprint density at radius 2 is 1.85 bits per heavy atom. The Hall–Kier alpha value is -3.98. The number of aryl methyl sites for hydroxylation is 1. The first kappa shape index (κ1) is 20.9. The van der Waals surface area contributed by atoms with Crippen molar-refractivity contribution in [3.05, 3.63) is 83.7 Å². The van der Waals surface area contributed by atoms with Gasteiger partial charge in [-0.15, -0.1) is 0 Å². The minimum Gasteiger partial charge on any atom is -0.381 e. The van der Waals surface area contributed by atoms with E-state index in [0.717, 1.165) is 22.8 Å². The van der Waals surface area contributed by atoms with E-state index in [1.54, 1.807) is 19.5 Å². The minimum absolute atomic E-state index is 0.267. The molecule has 4 aromatic heterocycles. The lowest BCUT2D eigenvalue weighted by Gasteiger charge is -2.09. The molecule has 0 saturated heterocycles. The molecule has 1 aromatic carbocycles. The third-order valence-corrected chi connectivity index (χ3v) is 5.28. The predicted octanol–water partition coefficient (Wildman–Crippen LogP) is 4.46. The van der Waals surface area contributed by atoms with Crippen LogP contribution in [0, 0.1) is 18.6 Å². The van der Waals surface area contributed by atoms with E-state index in [1.807, 2.05) is 46.5 Å². The normalized spacial score (nSPS) is 11.9. The monoisotopic (exact) mass is 446 g/mol. The van der Waals surface area contributed by atoms with Crippen LogP contribution in [-0.2, 0) is 11.3 Å². The van der Waals surface area contributed by atoms with Crippen LogP contribution in [0.3, 0.4) is 0 Å². The van der Waals surface area contributed by atoms with Gasteiger partial charge in [0.1, 0.15) is 23.0 Å². The standard InChI is InChI=1S/C24H20F2N6O/c1-15-29-23-22(32(15)14-16-8-17(25)10-18(26)9-16)11-20(13-28-23)31-6-5-21-24(31)30-19(12-27-21)4-3-7-33-2/h3-6,8-13H,7,14H2,1-2H3/b4-3-. The average molecular weight is 446 g/mol. The largest absolute Gasteiger partial charge is 0.381 e. The number of aromatic nitrogens is 6. The smallest absolute Gasteiger partial charge is 0.178 e. The summed E-state index contributed by atoms with van der Waals surface area (Å²) in [4.78, 5) is 18.2. The lowest BCUT2D eigenvalue weighted by molar-refractivity contribution is 0.234. The van der Waals surface area contributed by atoms with Crippen molar-refractivity contribution < 1.29 is 13.5 Å². The molecule has 7 nitrogen and oxygen atoms in total. The molecule has 4 heterocycles. The third-order valence-electron chi connectivity index (χ3n) is 5.28. The number of hydrogen-bond acceptors (Lipinski definition) is 5. The number of fused-ring (bicyclic) bond motifs is 2. The van der Waals surface area contributed by atoms with Gasteiger partial charge < -0.3 is 9.30 Å². The predicted molar refractivity (Wildman–Crippen MR) is 121 cm³/mol. The molecule has 0 saturated carbocycles. The van der Waals surface area contributed by atoms with Gasteiger partial charge in [0.15, 0.2) is 11.3 Å². The van der Waals surface area contributed by atoms with Crippen LogP contribution in [-0.4, -0.2) is 42.8 Å². The highest BCUT2D eigenvalue weighted by Crippen LogP contribution is 2.23.